The van der Waals surface area contributed by atoms with Gasteiger partial charge in [0, 0.05) is 45.6 Å². The van der Waals surface area contributed by atoms with Crippen LogP contribution in [0.4, 0.5) is 0 Å². The molecule has 2 heterocycles. The Morgan fingerprint density at radius 3 is 1.45 bits per heavy atom. The van der Waals surface area contributed by atoms with Crippen molar-refractivity contribution < 1.29 is 4.74 Å². The predicted molar refractivity (Wildman–Crippen MR) is 121 cm³/mol. The van der Waals surface area contributed by atoms with Crippen molar-refractivity contribution in [2.24, 2.45) is 0 Å². The number of hydrogen-bond acceptors (Lipinski definition) is 3. The van der Waals surface area contributed by atoms with Crippen LogP contribution in [0.2, 0.25) is 0 Å². The van der Waals surface area contributed by atoms with Gasteiger partial charge in [0.25, 0.3) is 0 Å². The highest BCUT2D eigenvalue weighted by atomic mass is 79.9. The van der Waals surface area contributed by atoms with Crippen LogP contribution in [-0.2, 0) is 17.6 Å². The molecule has 0 amide bonds. The standard InChI is InChI=1S/C22H20Br2N4O/c23-17-1-5-19(6-2-17)27-21(9-13-25-27)11-15-29-16-12-22-10-14-26-28(22)20-7-3-18(24)4-8-20/h1-10,13-14H,11-12,15-16H2. The van der Waals surface area contributed by atoms with Gasteiger partial charge >= 0.3 is 0 Å². The second kappa shape index (κ2) is 9.52. The van der Waals surface area contributed by atoms with E-state index in [9.17, 15) is 0 Å². The molecule has 7 heteroatoms. The van der Waals surface area contributed by atoms with Crippen LogP contribution in [0.5, 0.6) is 0 Å². The van der Waals surface area contributed by atoms with Gasteiger partial charge in [-0.15, -0.1) is 0 Å². The van der Waals surface area contributed by atoms with Crippen LogP contribution in [0.15, 0.2) is 82.0 Å². The minimum Gasteiger partial charge on any atom is -0.381 e. The minimum atomic E-state index is 0.647. The minimum absolute atomic E-state index is 0.647. The number of hydrogen-bond donors (Lipinski definition) is 0. The van der Waals surface area contributed by atoms with E-state index in [0.717, 1.165) is 44.5 Å². The number of aromatic nitrogens is 4. The van der Waals surface area contributed by atoms with E-state index in [2.05, 4.69) is 42.1 Å². The lowest BCUT2D eigenvalue weighted by Gasteiger charge is -2.10. The first-order valence-electron chi connectivity index (χ1n) is 9.36. The number of rotatable bonds is 8. The highest BCUT2D eigenvalue weighted by Crippen LogP contribution is 2.17. The summed E-state index contributed by atoms with van der Waals surface area (Å²) in [7, 11) is 0. The van der Waals surface area contributed by atoms with Gasteiger partial charge < -0.3 is 4.74 Å². The van der Waals surface area contributed by atoms with Gasteiger partial charge in [0.15, 0.2) is 0 Å². The van der Waals surface area contributed by atoms with Crippen molar-refractivity contribution in [3.8, 4) is 11.4 Å². The fourth-order valence-electron chi connectivity index (χ4n) is 3.13. The molecule has 2 aromatic carbocycles. The van der Waals surface area contributed by atoms with Gasteiger partial charge in [-0.2, -0.15) is 10.2 Å². The first-order chi connectivity index (χ1) is 14.2. The lowest BCUT2D eigenvalue weighted by Crippen LogP contribution is -2.09. The number of nitrogens with zero attached hydrogens (tertiary/aromatic N) is 4. The Morgan fingerprint density at radius 1 is 0.621 bits per heavy atom. The van der Waals surface area contributed by atoms with E-state index in [1.807, 2.05) is 82.4 Å². The second-order valence-corrected chi connectivity index (χ2v) is 8.37. The average molecular weight is 516 g/mol. The maximum atomic E-state index is 5.90. The van der Waals surface area contributed by atoms with Crippen LogP contribution in [0, 0.1) is 0 Å². The van der Waals surface area contributed by atoms with Gasteiger partial charge in [0.1, 0.15) is 0 Å². The van der Waals surface area contributed by atoms with Gasteiger partial charge in [-0.3, -0.25) is 0 Å². The number of halogens is 2. The molecule has 0 saturated carbocycles. The quantitative estimate of drug-likeness (QED) is 0.296. The molecule has 0 bridgehead atoms. The lowest BCUT2D eigenvalue weighted by molar-refractivity contribution is 0.138. The first kappa shape index (κ1) is 20.1. The molecule has 0 spiro atoms. The molecule has 0 radical (unpaired) electrons. The summed E-state index contributed by atoms with van der Waals surface area (Å²) in [4.78, 5) is 0. The molecule has 0 aliphatic carbocycles. The van der Waals surface area contributed by atoms with Crippen molar-refractivity contribution >= 4 is 31.9 Å². The molecular formula is C22H20Br2N4O. The van der Waals surface area contributed by atoms with E-state index in [0.29, 0.717) is 13.2 Å². The number of benzene rings is 2. The zero-order valence-corrected chi connectivity index (χ0v) is 18.9. The Bertz CT molecular complexity index is 969. The van der Waals surface area contributed by atoms with Gasteiger partial charge in [-0.1, -0.05) is 31.9 Å². The van der Waals surface area contributed by atoms with Crippen molar-refractivity contribution in [1.29, 1.82) is 0 Å². The molecule has 0 N–H and O–H groups in total. The van der Waals surface area contributed by atoms with Crippen LogP contribution >= 0.6 is 31.9 Å². The van der Waals surface area contributed by atoms with Crippen LogP contribution in [-0.4, -0.2) is 32.8 Å². The molecule has 0 aliphatic heterocycles. The Kier molecular flexibility index (Phi) is 6.59. The summed E-state index contributed by atoms with van der Waals surface area (Å²) >= 11 is 6.94. The van der Waals surface area contributed by atoms with Crippen molar-refractivity contribution in [1.82, 2.24) is 19.6 Å². The summed E-state index contributed by atoms with van der Waals surface area (Å²) in [6.45, 7) is 1.29. The Hall–Kier alpha value is -2.22. The summed E-state index contributed by atoms with van der Waals surface area (Å²) in [5, 5.41) is 8.88. The van der Waals surface area contributed by atoms with Gasteiger partial charge in [0.05, 0.1) is 24.6 Å². The summed E-state index contributed by atoms with van der Waals surface area (Å²) in [5.74, 6) is 0. The highest BCUT2D eigenvalue weighted by Gasteiger charge is 2.07. The predicted octanol–water partition coefficient (Wildman–Crippen LogP) is 5.38. The number of ether oxygens (including phenoxy) is 1. The van der Waals surface area contributed by atoms with E-state index in [1.165, 1.54) is 0 Å². The van der Waals surface area contributed by atoms with E-state index in [1.54, 1.807) is 0 Å². The van der Waals surface area contributed by atoms with Gasteiger partial charge in [-0.25, -0.2) is 9.36 Å². The fraction of sp³-hybridized carbons (Fsp3) is 0.182. The van der Waals surface area contributed by atoms with Crippen molar-refractivity contribution in [3.05, 3.63) is 93.4 Å². The third-order valence-corrected chi connectivity index (χ3v) is 5.65. The van der Waals surface area contributed by atoms with E-state index in [-0.39, 0.29) is 0 Å². The Morgan fingerprint density at radius 2 is 1.03 bits per heavy atom. The third kappa shape index (κ3) is 5.04. The molecule has 29 heavy (non-hydrogen) atoms. The summed E-state index contributed by atoms with van der Waals surface area (Å²) in [6, 6.07) is 20.3. The maximum absolute atomic E-state index is 5.90. The zero-order valence-electron chi connectivity index (χ0n) is 15.7. The molecule has 0 saturated heterocycles. The normalized spacial score (nSPS) is 11.1. The summed E-state index contributed by atoms with van der Waals surface area (Å²) in [5.41, 5.74) is 4.36. The van der Waals surface area contributed by atoms with Crippen LogP contribution in [0.1, 0.15) is 11.4 Å². The summed E-state index contributed by atoms with van der Waals surface area (Å²) in [6.07, 6.45) is 5.27. The van der Waals surface area contributed by atoms with Crippen molar-refractivity contribution in [2.75, 3.05) is 13.2 Å². The third-order valence-electron chi connectivity index (χ3n) is 4.59. The molecule has 2 aromatic heterocycles. The largest absolute Gasteiger partial charge is 0.381 e. The molecule has 0 atom stereocenters. The molecular weight excluding hydrogens is 496 g/mol. The smallest absolute Gasteiger partial charge is 0.0649 e. The molecule has 0 aliphatic rings. The van der Waals surface area contributed by atoms with Crippen molar-refractivity contribution in [2.45, 2.75) is 12.8 Å². The van der Waals surface area contributed by atoms with E-state index < -0.39 is 0 Å². The van der Waals surface area contributed by atoms with Gasteiger partial charge in [-0.05, 0) is 60.7 Å². The first-order valence-corrected chi connectivity index (χ1v) is 10.9. The lowest BCUT2D eigenvalue weighted by atomic mass is 10.2. The molecule has 4 aromatic rings. The summed E-state index contributed by atoms with van der Waals surface area (Å²) < 4.78 is 11.9. The average Bonchev–Trinajstić information content (AvgIpc) is 3.39. The Balaban J connectivity index is 1.30. The molecule has 5 nitrogen and oxygen atoms in total. The monoisotopic (exact) mass is 514 g/mol. The molecule has 0 unspecified atom stereocenters. The highest BCUT2D eigenvalue weighted by molar-refractivity contribution is 9.10. The molecule has 4 rings (SSSR count). The maximum Gasteiger partial charge on any atom is 0.0649 e. The van der Waals surface area contributed by atoms with Crippen LogP contribution in [0.3, 0.4) is 0 Å². The molecule has 148 valence electrons. The SMILES string of the molecule is Brc1ccc(-n2nccc2CCOCCc2ccnn2-c2ccc(Br)cc2)cc1. The molecule has 0 fully saturated rings. The fourth-order valence-corrected chi connectivity index (χ4v) is 3.65. The van der Waals surface area contributed by atoms with Crippen molar-refractivity contribution in [3.63, 3.8) is 0 Å². The second-order valence-electron chi connectivity index (χ2n) is 6.53. The van der Waals surface area contributed by atoms with E-state index >= 15 is 0 Å². The zero-order chi connectivity index (χ0) is 20.1. The topological polar surface area (TPSA) is 44.9 Å². The van der Waals surface area contributed by atoms with Crippen LogP contribution < -0.4 is 0 Å². The van der Waals surface area contributed by atoms with E-state index in [4.69, 9.17) is 4.74 Å². The van der Waals surface area contributed by atoms with Gasteiger partial charge in [0.2, 0.25) is 0 Å². The Labute approximate surface area is 186 Å². The van der Waals surface area contributed by atoms with Crippen LogP contribution in [0.25, 0.3) is 11.4 Å².